The van der Waals surface area contributed by atoms with Gasteiger partial charge in [0.05, 0.1) is 18.8 Å². The summed E-state index contributed by atoms with van der Waals surface area (Å²) >= 11 is 0. The molecule has 0 fully saturated rings. The summed E-state index contributed by atoms with van der Waals surface area (Å²) in [4.78, 5) is 4.58. The summed E-state index contributed by atoms with van der Waals surface area (Å²) in [6.07, 6.45) is 1.85. The van der Waals surface area contributed by atoms with Crippen molar-refractivity contribution >= 4 is 0 Å². The number of hydrogen-bond acceptors (Lipinski definition) is 3. The molecule has 1 aromatic carbocycles. The summed E-state index contributed by atoms with van der Waals surface area (Å²) < 4.78 is 5.68. The molecule has 1 heterocycles. The molecule has 0 spiro atoms. The third-order valence-corrected chi connectivity index (χ3v) is 3.95. The molecule has 0 saturated carbocycles. The molecule has 1 N–H and O–H groups in total. The van der Waals surface area contributed by atoms with E-state index in [1.165, 1.54) is 16.7 Å². The molecule has 0 saturated heterocycles. The number of aryl methyl sites for hydroxylation is 2. The second kappa shape index (κ2) is 6.72. The Hall–Kier alpha value is -1.87. The van der Waals surface area contributed by atoms with E-state index >= 15 is 0 Å². The lowest BCUT2D eigenvalue weighted by Crippen LogP contribution is -2.24. The number of pyridine rings is 1. The molecule has 0 aliphatic rings. The average molecular weight is 284 g/mol. The largest absolute Gasteiger partial charge is 0.496 e. The van der Waals surface area contributed by atoms with E-state index in [9.17, 15) is 0 Å². The third kappa shape index (κ3) is 3.08. The van der Waals surface area contributed by atoms with Gasteiger partial charge < -0.3 is 10.1 Å². The number of aromatic nitrogens is 1. The van der Waals surface area contributed by atoms with Crippen molar-refractivity contribution in [3.05, 3.63) is 58.4 Å². The van der Waals surface area contributed by atoms with Crippen LogP contribution in [0.1, 0.15) is 40.9 Å². The highest BCUT2D eigenvalue weighted by molar-refractivity contribution is 5.49. The Morgan fingerprint density at radius 2 is 1.90 bits per heavy atom. The van der Waals surface area contributed by atoms with E-state index in [4.69, 9.17) is 4.74 Å². The van der Waals surface area contributed by atoms with Gasteiger partial charge in [-0.3, -0.25) is 4.98 Å². The topological polar surface area (TPSA) is 34.1 Å². The number of methoxy groups -OCH3 is 1. The van der Waals surface area contributed by atoms with Gasteiger partial charge in [0, 0.05) is 11.8 Å². The maximum absolute atomic E-state index is 5.68. The van der Waals surface area contributed by atoms with Crippen LogP contribution in [0, 0.1) is 20.8 Å². The van der Waals surface area contributed by atoms with E-state index < -0.39 is 0 Å². The second-order valence-corrected chi connectivity index (χ2v) is 5.33. The molecule has 1 unspecified atom stereocenters. The minimum Gasteiger partial charge on any atom is -0.496 e. The van der Waals surface area contributed by atoms with Crippen LogP contribution in [0.25, 0.3) is 0 Å². The maximum atomic E-state index is 5.68. The van der Waals surface area contributed by atoms with Crippen molar-refractivity contribution in [1.82, 2.24) is 10.3 Å². The van der Waals surface area contributed by atoms with Gasteiger partial charge in [-0.1, -0.05) is 25.1 Å². The van der Waals surface area contributed by atoms with E-state index in [1.807, 2.05) is 12.3 Å². The zero-order chi connectivity index (χ0) is 15.4. The van der Waals surface area contributed by atoms with E-state index in [0.29, 0.717) is 0 Å². The zero-order valence-corrected chi connectivity index (χ0v) is 13.5. The van der Waals surface area contributed by atoms with E-state index in [0.717, 1.165) is 23.6 Å². The molecule has 1 atom stereocenters. The van der Waals surface area contributed by atoms with E-state index in [-0.39, 0.29) is 6.04 Å². The minimum absolute atomic E-state index is 0.0467. The predicted octanol–water partition coefficient (Wildman–Crippen LogP) is 3.71. The van der Waals surface area contributed by atoms with Gasteiger partial charge in [-0.05, 0) is 50.1 Å². The lowest BCUT2D eigenvalue weighted by molar-refractivity contribution is 0.400. The van der Waals surface area contributed by atoms with Gasteiger partial charge in [0.2, 0.25) is 0 Å². The number of nitrogens with one attached hydrogen (secondary N) is 1. The fraction of sp³-hybridized carbons (Fsp3) is 0.389. The van der Waals surface area contributed by atoms with Crippen LogP contribution >= 0.6 is 0 Å². The fourth-order valence-electron chi connectivity index (χ4n) is 2.67. The third-order valence-electron chi connectivity index (χ3n) is 3.95. The van der Waals surface area contributed by atoms with Crippen molar-refractivity contribution in [2.45, 2.75) is 33.7 Å². The Morgan fingerprint density at radius 3 is 2.52 bits per heavy atom. The van der Waals surface area contributed by atoms with Gasteiger partial charge in [0.15, 0.2) is 0 Å². The first-order valence-corrected chi connectivity index (χ1v) is 7.39. The van der Waals surface area contributed by atoms with Gasteiger partial charge >= 0.3 is 0 Å². The van der Waals surface area contributed by atoms with Crippen molar-refractivity contribution in [2.24, 2.45) is 0 Å². The van der Waals surface area contributed by atoms with Crippen LogP contribution in [0.5, 0.6) is 5.75 Å². The van der Waals surface area contributed by atoms with Gasteiger partial charge in [0.25, 0.3) is 0 Å². The number of rotatable bonds is 5. The molecule has 3 heteroatoms. The summed E-state index contributed by atoms with van der Waals surface area (Å²) in [7, 11) is 1.74. The molecule has 1 aromatic heterocycles. The SMILES string of the molecule is CCNC(c1ccc(C)c(C)c1OC)c1ncccc1C. The highest BCUT2D eigenvalue weighted by Gasteiger charge is 2.21. The first kappa shape index (κ1) is 15.5. The molecule has 0 aliphatic carbocycles. The smallest absolute Gasteiger partial charge is 0.127 e. The van der Waals surface area contributed by atoms with Crippen molar-refractivity contribution in [3.63, 3.8) is 0 Å². The van der Waals surface area contributed by atoms with Crippen molar-refractivity contribution in [3.8, 4) is 5.75 Å². The molecular weight excluding hydrogens is 260 g/mol. The molecule has 2 rings (SSSR count). The van der Waals surface area contributed by atoms with Gasteiger partial charge in [0.1, 0.15) is 5.75 Å². The summed E-state index contributed by atoms with van der Waals surface area (Å²) in [6.45, 7) is 9.29. The molecule has 2 aromatic rings. The lowest BCUT2D eigenvalue weighted by Gasteiger charge is -2.23. The molecule has 0 radical (unpaired) electrons. The fourth-order valence-corrected chi connectivity index (χ4v) is 2.67. The normalized spacial score (nSPS) is 12.2. The van der Waals surface area contributed by atoms with Gasteiger partial charge in [-0.2, -0.15) is 0 Å². The van der Waals surface area contributed by atoms with Crippen LogP contribution in [0.3, 0.4) is 0 Å². The minimum atomic E-state index is 0.0467. The Kier molecular flexibility index (Phi) is 4.97. The molecule has 21 heavy (non-hydrogen) atoms. The standard InChI is InChI=1S/C18H24N2O/c1-6-19-17(16-13(3)8-7-11-20-16)15-10-9-12(2)14(4)18(15)21-5/h7-11,17,19H,6H2,1-5H3. The van der Waals surface area contributed by atoms with Crippen LogP contribution < -0.4 is 10.1 Å². The van der Waals surface area contributed by atoms with Crippen LogP contribution in [0.4, 0.5) is 0 Å². The highest BCUT2D eigenvalue weighted by atomic mass is 16.5. The number of hydrogen-bond donors (Lipinski definition) is 1. The second-order valence-electron chi connectivity index (χ2n) is 5.33. The summed E-state index contributed by atoms with van der Waals surface area (Å²) in [5, 5.41) is 3.53. The van der Waals surface area contributed by atoms with E-state index in [2.05, 4.69) is 56.2 Å². The molecule has 112 valence electrons. The Balaban J connectivity index is 2.59. The lowest BCUT2D eigenvalue weighted by atomic mass is 9.95. The molecule has 0 aliphatic heterocycles. The maximum Gasteiger partial charge on any atom is 0.127 e. The van der Waals surface area contributed by atoms with Crippen molar-refractivity contribution in [2.75, 3.05) is 13.7 Å². The number of nitrogens with zero attached hydrogens (tertiary/aromatic N) is 1. The summed E-state index contributed by atoms with van der Waals surface area (Å²) in [6, 6.07) is 8.41. The predicted molar refractivity (Wildman–Crippen MR) is 87.0 cm³/mol. The first-order chi connectivity index (χ1) is 10.1. The van der Waals surface area contributed by atoms with Crippen LogP contribution in [-0.2, 0) is 0 Å². The quantitative estimate of drug-likeness (QED) is 0.908. The summed E-state index contributed by atoms with van der Waals surface area (Å²) in [5.41, 5.74) is 5.81. The van der Waals surface area contributed by atoms with E-state index in [1.54, 1.807) is 7.11 Å². The number of benzene rings is 1. The van der Waals surface area contributed by atoms with Crippen molar-refractivity contribution in [1.29, 1.82) is 0 Å². The van der Waals surface area contributed by atoms with Gasteiger partial charge in [-0.15, -0.1) is 0 Å². The highest BCUT2D eigenvalue weighted by Crippen LogP contribution is 2.34. The van der Waals surface area contributed by atoms with Crippen LogP contribution in [-0.4, -0.2) is 18.6 Å². The first-order valence-electron chi connectivity index (χ1n) is 7.39. The molecular formula is C18H24N2O. The average Bonchev–Trinajstić information content (AvgIpc) is 2.48. The molecule has 3 nitrogen and oxygen atoms in total. The zero-order valence-electron chi connectivity index (χ0n) is 13.5. The molecule has 0 amide bonds. The molecule has 0 bridgehead atoms. The van der Waals surface area contributed by atoms with Gasteiger partial charge in [-0.25, -0.2) is 0 Å². The Bertz CT molecular complexity index is 623. The number of ether oxygens (including phenoxy) is 1. The Morgan fingerprint density at radius 1 is 1.14 bits per heavy atom. The van der Waals surface area contributed by atoms with Crippen LogP contribution in [0.15, 0.2) is 30.5 Å². The van der Waals surface area contributed by atoms with Crippen LogP contribution in [0.2, 0.25) is 0 Å². The summed E-state index contributed by atoms with van der Waals surface area (Å²) in [5.74, 6) is 0.950. The monoisotopic (exact) mass is 284 g/mol. The van der Waals surface area contributed by atoms with Crippen molar-refractivity contribution < 1.29 is 4.74 Å². The Labute approximate surface area is 127 Å².